The zero-order valence-corrected chi connectivity index (χ0v) is 11.3. The lowest BCUT2D eigenvalue weighted by Gasteiger charge is -2.20. The van der Waals surface area contributed by atoms with Gasteiger partial charge in [-0.15, -0.1) is 10.2 Å². The molecule has 0 N–H and O–H groups in total. The molecule has 1 aromatic heterocycles. The van der Waals surface area contributed by atoms with Gasteiger partial charge < -0.3 is 4.90 Å². The number of benzene rings is 1. The predicted molar refractivity (Wildman–Crippen MR) is 73.9 cm³/mol. The summed E-state index contributed by atoms with van der Waals surface area (Å²) in [5, 5.41) is 7.79. The van der Waals surface area contributed by atoms with Crippen molar-refractivity contribution in [1.82, 2.24) is 15.1 Å². The van der Waals surface area contributed by atoms with Gasteiger partial charge in [-0.25, -0.2) is 0 Å². The molecular formula is C14H14ClN3O. The molecule has 0 radical (unpaired) electrons. The highest BCUT2D eigenvalue weighted by atomic mass is 35.5. The van der Waals surface area contributed by atoms with Crippen LogP contribution in [0, 0.1) is 0 Å². The zero-order chi connectivity index (χ0) is 13.7. The Morgan fingerprint density at radius 1 is 1.16 bits per heavy atom. The van der Waals surface area contributed by atoms with E-state index in [4.69, 9.17) is 11.6 Å². The fraction of sp³-hybridized carbons (Fsp3) is 0.214. The van der Waals surface area contributed by atoms with Gasteiger partial charge in [-0.2, -0.15) is 0 Å². The van der Waals surface area contributed by atoms with Crippen LogP contribution in [0.3, 0.4) is 0 Å². The molecule has 98 valence electrons. The second kappa shape index (κ2) is 6.29. The van der Waals surface area contributed by atoms with Crippen molar-refractivity contribution < 1.29 is 4.79 Å². The molecule has 2 rings (SSSR count). The number of carbonyl (C=O) groups excluding carboxylic acids is 1. The first kappa shape index (κ1) is 13.5. The van der Waals surface area contributed by atoms with E-state index in [9.17, 15) is 4.79 Å². The number of hydrogen-bond donors (Lipinski definition) is 0. The molecule has 0 bridgehead atoms. The summed E-state index contributed by atoms with van der Waals surface area (Å²) in [5.41, 5.74) is 1.39. The Morgan fingerprint density at radius 3 is 2.47 bits per heavy atom. The van der Waals surface area contributed by atoms with Crippen LogP contribution in [0.1, 0.15) is 23.0 Å². The lowest BCUT2D eigenvalue weighted by atomic mass is 10.2. The fourth-order valence-corrected chi connectivity index (χ4v) is 1.82. The minimum Gasteiger partial charge on any atom is -0.333 e. The lowest BCUT2D eigenvalue weighted by molar-refractivity contribution is 0.0745. The minimum atomic E-state index is -0.143. The predicted octanol–water partition coefficient (Wildman–Crippen LogP) is 2.79. The van der Waals surface area contributed by atoms with Gasteiger partial charge in [-0.05, 0) is 24.6 Å². The van der Waals surface area contributed by atoms with Crippen LogP contribution in [-0.4, -0.2) is 27.5 Å². The van der Waals surface area contributed by atoms with E-state index in [1.54, 1.807) is 17.0 Å². The molecular weight excluding hydrogens is 262 g/mol. The van der Waals surface area contributed by atoms with Gasteiger partial charge in [0.15, 0.2) is 10.8 Å². The zero-order valence-electron chi connectivity index (χ0n) is 10.6. The van der Waals surface area contributed by atoms with E-state index in [0.29, 0.717) is 18.8 Å². The third kappa shape index (κ3) is 3.51. The van der Waals surface area contributed by atoms with Crippen LogP contribution in [0.5, 0.6) is 0 Å². The molecule has 0 aliphatic heterocycles. The van der Waals surface area contributed by atoms with Crippen molar-refractivity contribution in [2.24, 2.45) is 0 Å². The highest BCUT2D eigenvalue weighted by Gasteiger charge is 2.16. The summed E-state index contributed by atoms with van der Waals surface area (Å²) in [5.74, 6) is -0.143. The monoisotopic (exact) mass is 275 g/mol. The first-order valence-electron chi connectivity index (χ1n) is 6.03. The van der Waals surface area contributed by atoms with E-state index in [-0.39, 0.29) is 11.1 Å². The Kier molecular flexibility index (Phi) is 4.47. The normalized spacial score (nSPS) is 10.2. The van der Waals surface area contributed by atoms with E-state index in [1.165, 1.54) is 0 Å². The van der Waals surface area contributed by atoms with Gasteiger partial charge >= 0.3 is 0 Å². The van der Waals surface area contributed by atoms with Crippen molar-refractivity contribution in [2.75, 3.05) is 6.54 Å². The van der Waals surface area contributed by atoms with Gasteiger partial charge in [0, 0.05) is 13.1 Å². The summed E-state index contributed by atoms with van der Waals surface area (Å²) >= 11 is 5.66. The van der Waals surface area contributed by atoms with Crippen molar-refractivity contribution in [3.05, 3.63) is 58.9 Å². The van der Waals surface area contributed by atoms with Crippen LogP contribution in [0.25, 0.3) is 0 Å². The molecule has 0 atom stereocenters. The quantitative estimate of drug-likeness (QED) is 0.862. The fourth-order valence-electron chi connectivity index (χ4n) is 1.72. The molecule has 4 nitrogen and oxygen atoms in total. The van der Waals surface area contributed by atoms with Crippen LogP contribution >= 0.6 is 11.6 Å². The molecule has 0 fully saturated rings. The minimum absolute atomic E-state index is 0.143. The summed E-state index contributed by atoms with van der Waals surface area (Å²) in [4.78, 5) is 14.0. The SMILES string of the molecule is CCN(Cc1ccccc1)C(=O)c1ccc(Cl)nn1. The van der Waals surface area contributed by atoms with Gasteiger partial charge in [-0.3, -0.25) is 4.79 Å². The molecule has 5 heteroatoms. The highest BCUT2D eigenvalue weighted by Crippen LogP contribution is 2.09. The molecule has 0 aliphatic rings. The average Bonchev–Trinajstić information content (AvgIpc) is 2.46. The number of amides is 1. The lowest BCUT2D eigenvalue weighted by Crippen LogP contribution is -2.31. The molecule has 1 heterocycles. The average molecular weight is 276 g/mol. The van der Waals surface area contributed by atoms with Crippen molar-refractivity contribution in [1.29, 1.82) is 0 Å². The second-order valence-corrected chi connectivity index (χ2v) is 4.43. The van der Waals surface area contributed by atoms with E-state index in [2.05, 4.69) is 10.2 Å². The highest BCUT2D eigenvalue weighted by molar-refractivity contribution is 6.29. The Hall–Kier alpha value is -1.94. The van der Waals surface area contributed by atoms with E-state index in [0.717, 1.165) is 5.56 Å². The summed E-state index contributed by atoms with van der Waals surface area (Å²) in [6.45, 7) is 3.10. The summed E-state index contributed by atoms with van der Waals surface area (Å²) in [7, 11) is 0. The molecule has 0 saturated heterocycles. The number of aromatic nitrogens is 2. The van der Waals surface area contributed by atoms with E-state index < -0.39 is 0 Å². The topological polar surface area (TPSA) is 46.1 Å². The van der Waals surface area contributed by atoms with E-state index >= 15 is 0 Å². The van der Waals surface area contributed by atoms with Crippen LogP contribution in [-0.2, 0) is 6.54 Å². The smallest absolute Gasteiger partial charge is 0.274 e. The maximum Gasteiger partial charge on any atom is 0.274 e. The molecule has 0 saturated carbocycles. The summed E-state index contributed by atoms with van der Waals surface area (Å²) < 4.78 is 0. The standard InChI is InChI=1S/C14H14ClN3O/c1-2-18(10-11-6-4-3-5-7-11)14(19)12-8-9-13(15)17-16-12/h3-9H,2,10H2,1H3. The molecule has 1 amide bonds. The Labute approximate surface area is 117 Å². The number of carbonyl (C=O) groups is 1. The maximum atomic E-state index is 12.3. The van der Waals surface area contributed by atoms with Crippen molar-refractivity contribution in [2.45, 2.75) is 13.5 Å². The Morgan fingerprint density at radius 2 is 1.89 bits per heavy atom. The van der Waals surface area contributed by atoms with Gasteiger partial charge in [0.25, 0.3) is 5.91 Å². The third-order valence-corrected chi connectivity index (χ3v) is 2.94. The largest absolute Gasteiger partial charge is 0.333 e. The molecule has 0 spiro atoms. The van der Waals surface area contributed by atoms with Crippen molar-refractivity contribution >= 4 is 17.5 Å². The van der Waals surface area contributed by atoms with Crippen molar-refractivity contribution in [3.63, 3.8) is 0 Å². The Balaban J connectivity index is 2.13. The molecule has 2 aromatic rings. The van der Waals surface area contributed by atoms with Gasteiger partial charge in [-0.1, -0.05) is 41.9 Å². The summed E-state index contributed by atoms with van der Waals surface area (Å²) in [6.07, 6.45) is 0. The molecule has 19 heavy (non-hydrogen) atoms. The number of rotatable bonds is 4. The van der Waals surface area contributed by atoms with E-state index in [1.807, 2.05) is 37.3 Å². The van der Waals surface area contributed by atoms with Gasteiger partial charge in [0.1, 0.15) is 0 Å². The summed E-state index contributed by atoms with van der Waals surface area (Å²) in [6, 6.07) is 13.0. The molecule has 0 unspecified atom stereocenters. The first-order valence-corrected chi connectivity index (χ1v) is 6.41. The van der Waals surface area contributed by atoms with Gasteiger partial charge in [0.05, 0.1) is 0 Å². The third-order valence-electron chi connectivity index (χ3n) is 2.74. The number of hydrogen-bond acceptors (Lipinski definition) is 3. The second-order valence-electron chi connectivity index (χ2n) is 4.05. The molecule has 0 aliphatic carbocycles. The first-order chi connectivity index (χ1) is 9.20. The van der Waals surface area contributed by atoms with Crippen LogP contribution in [0.4, 0.5) is 0 Å². The van der Waals surface area contributed by atoms with Crippen LogP contribution in [0.2, 0.25) is 5.15 Å². The Bertz CT molecular complexity index is 542. The van der Waals surface area contributed by atoms with Crippen LogP contribution < -0.4 is 0 Å². The maximum absolute atomic E-state index is 12.3. The van der Waals surface area contributed by atoms with Gasteiger partial charge in [0.2, 0.25) is 0 Å². The number of halogens is 1. The van der Waals surface area contributed by atoms with Crippen molar-refractivity contribution in [3.8, 4) is 0 Å². The molecule has 1 aromatic carbocycles. The van der Waals surface area contributed by atoms with Crippen LogP contribution in [0.15, 0.2) is 42.5 Å². The number of nitrogens with zero attached hydrogens (tertiary/aromatic N) is 3.